The molecule has 4 aliphatic rings. The summed E-state index contributed by atoms with van der Waals surface area (Å²) >= 11 is 0. The first-order valence-electron chi connectivity index (χ1n) is 10.00. The summed E-state index contributed by atoms with van der Waals surface area (Å²) in [6.45, 7) is 4.33. The Hall–Kier alpha value is -0.200. The van der Waals surface area contributed by atoms with E-state index < -0.39 is 0 Å². The van der Waals surface area contributed by atoms with Gasteiger partial charge in [-0.05, 0) is 45.2 Å². The van der Waals surface area contributed by atoms with E-state index in [1.165, 1.54) is 44.9 Å². The summed E-state index contributed by atoms with van der Waals surface area (Å²) in [4.78, 5) is 2.38. The molecule has 4 rings (SSSR count). The molecule has 2 saturated heterocycles. The molecule has 4 unspecified atom stereocenters. The summed E-state index contributed by atoms with van der Waals surface area (Å²) in [6, 6.07) is 1.34. The Morgan fingerprint density at radius 1 is 1.25 bits per heavy atom. The highest BCUT2D eigenvalue weighted by Crippen LogP contribution is 2.60. The fraction of sp³-hybridized carbons (Fsp3) is 1.00. The van der Waals surface area contributed by atoms with Crippen LogP contribution in [0, 0.1) is 11.3 Å². The Bertz CT molecular complexity index is 419. The van der Waals surface area contributed by atoms with Gasteiger partial charge in [0.25, 0.3) is 0 Å². The summed E-state index contributed by atoms with van der Waals surface area (Å²) in [5.74, 6) is 0.768. The van der Waals surface area contributed by atoms with Crippen LogP contribution in [0.25, 0.3) is 0 Å². The van der Waals surface area contributed by atoms with E-state index in [1.54, 1.807) is 7.11 Å². The normalized spacial score (nSPS) is 37.5. The molecule has 0 aromatic carbocycles. The van der Waals surface area contributed by atoms with E-state index in [0.29, 0.717) is 30.2 Å². The topological polar surface area (TPSA) is 54.0 Å². The van der Waals surface area contributed by atoms with Gasteiger partial charge < -0.3 is 24.8 Å². The molecular weight excluding hydrogens is 304 g/mol. The van der Waals surface area contributed by atoms with E-state index in [0.717, 1.165) is 32.2 Å². The van der Waals surface area contributed by atoms with E-state index in [2.05, 4.69) is 10.2 Å². The van der Waals surface area contributed by atoms with Crippen molar-refractivity contribution in [3.8, 4) is 0 Å². The molecule has 24 heavy (non-hydrogen) atoms. The van der Waals surface area contributed by atoms with Gasteiger partial charge in [0.15, 0.2) is 0 Å². The number of piperidine rings is 1. The lowest BCUT2D eigenvalue weighted by atomic mass is 9.54. The second-order valence-corrected chi connectivity index (χ2v) is 8.51. The van der Waals surface area contributed by atoms with Crippen LogP contribution in [0.1, 0.15) is 44.9 Å². The van der Waals surface area contributed by atoms with Crippen molar-refractivity contribution in [2.45, 2.75) is 69.2 Å². The average Bonchev–Trinajstić information content (AvgIpc) is 3.23. The summed E-state index contributed by atoms with van der Waals surface area (Å²) < 4.78 is 11.1. The lowest BCUT2D eigenvalue weighted by Gasteiger charge is -2.58. The number of hydrogen-bond acceptors (Lipinski definition) is 5. The molecule has 138 valence electrons. The van der Waals surface area contributed by atoms with Crippen molar-refractivity contribution in [2.24, 2.45) is 11.3 Å². The van der Waals surface area contributed by atoms with Crippen LogP contribution in [0.4, 0.5) is 0 Å². The van der Waals surface area contributed by atoms with Crippen molar-refractivity contribution in [1.29, 1.82) is 0 Å². The maximum Gasteiger partial charge on any atom is 0.0900 e. The Kier molecular flexibility index (Phi) is 5.17. The van der Waals surface area contributed by atoms with Crippen molar-refractivity contribution in [1.82, 2.24) is 10.2 Å². The minimum atomic E-state index is -0.357. The predicted molar refractivity (Wildman–Crippen MR) is 93.0 cm³/mol. The molecule has 0 aromatic heterocycles. The van der Waals surface area contributed by atoms with Crippen molar-refractivity contribution < 1.29 is 14.6 Å². The van der Waals surface area contributed by atoms with Gasteiger partial charge in [0, 0.05) is 43.7 Å². The van der Waals surface area contributed by atoms with Crippen LogP contribution in [0.5, 0.6) is 0 Å². The highest BCUT2D eigenvalue weighted by molar-refractivity contribution is 5.17. The van der Waals surface area contributed by atoms with Crippen LogP contribution in [0.2, 0.25) is 0 Å². The van der Waals surface area contributed by atoms with Gasteiger partial charge >= 0.3 is 0 Å². The Morgan fingerprint density at radius 3 is 2.71 bits per heavy atom. The highest BCUT2D eigenvalue weighted by atomic mass is 16.5. The molecule has 2 saturated carbocycles. The smallest absolute Gasteiger partial charge is 0.0900 e. The summed E-state index contributed by atoms with van der Waals surface area (Å²) in [7, 11) is 1.65. The van der Waals surface area contributed by atoms with Gasteiger partial charge in [0.05, 0.1) is 18.8 Å². The quantitative estimate of drug-likeness (QED) is 0.767. The molecule has 1 spiro atoms. The van der Waals surface area contributed by atoms with E-state index in [9.17, 15) is 5.11 Å². The zero-order valence-corrected chi connectivity index (χ0v) is 15.1. The molecule has 0 amide bonds. The molecule has 2 aliphatic heterocycles. The summed E-state index contributed by atoms with van der Waals surface area (Å²) in [5.41, 5.74) is 0.465. The van der Waals surface area contributed by atoms with Gasteiger partial charge in [-0.25, -0.2) is 0 Å². The SMILES string of the molecule is COCC(O)CN1CCC(NC2C3CCOC3C23CCCC3)CC1. The number of nitrogens with zero attached hydrogens (tertiary/aromatic N) is 1. The monoisotopic (exact) mass is 338 g/mol. The lowest BCUT2D eigenvalue weighted by molar-refractivity contribution is -0.134. The van der Waals surface area contributed by atoms with Crippen LogP contribution >= 0.6 is 0 Å². The number of aliphatic hydroxyl groups excluding tert-OH is 1. The van der Waals surface area contributed by atoms with Crippen molar-refractivity contribution in [2.75, 3.05) is 40.0 Å². The summed E-state index contributed by atoms with van der Waals surface area (Å²) in [6.07, 6.45) is 9.37. The number of aliphatic hydroxyl groups is 1. The van der Waals surface area contributed by atoms with Gasteiger partial charge in [-0.1, -0.05) is 12.8 Å². The number of rotatable bonds is 6. The van der Waals surface area contributed by atoms with Gasteiger partial charge in [0.2, 0.25) is 0 Å². The lowest BCUT2D eigenvalue weighted by Crippen LogP contribution is -2.69. The first kappa shape index (κ1) is 17.2. The number of hydrogen-bond donors (Lipinski definition) is 2. The number of β-amino-alcohol motifs (C(OH)–C–C–N with tert-alkyl or cyclic N) is 1. The fourth-order valence-electron chi connectivity index (χ4n) is 6.02. The van der Waals surface area contributed by atoms with E-state index in [-0.39, 0.29) is 6.10 Å². The van der Waals surface area contributed by atoms with Gasteiger partial charge in [-0.15, -0.1) is 0 Å². The highest BCUT2D eigenvalue weighted by Gasteiger charge is 2.64. The number of ether oxygens (including phenoxy) is 2. The van der Waals surface area contributed by atoms with E-state index in [1.807, 2.05) is 0 Å². The molecule has 2 N–H and O–H groups in total. The zero-order valence-electron chi connectivity index (χ0n) is 15.1. The molecule has 4 fully saturated rings. The maximum atomic E-state index is 9.91. The summed E-state index contributed by atoms with van der Waals surface area (Å²) in [5, 5.41) is 14.0. The van der Waals surface area contributed by atoms with Crippen LogP contribution < -0.4 is 5.32 Å². The maximum absolute atomic E-state index is 9.91. The average molecular weight is 338 g/mol. The molecule has 5 nitrogen and oxygen atoms in total. The third-order valence-corrected chi connectivity index (χ3v) is 7.12. The van der Waals surface area contributed by atoms with E-state index in [4.69, 9.17) is 9.47 Å². The Balaban J connectivity index is 1.28. The number of nitrogens with one attached hydrogen (secondary N) is 1. The van der Waals surface area contributed by atoms with Crippen LogP contribution in [-0.2, 0) is 9.47 Å². The van der Waals surface area contributed by atoms with Crippen molar-refractivity contribution in [3.63, 3.8) is 0 Å². The third kappa shape index (κ3) is 3.03. The van der Waals surface area contributed by atoms with Gasteiger partial charge in [-0.3, -0.25) is 0 Å². The van der Waals surface area contributed by atoms with E-state index >= 15 is 0 Å². The number of methoxy groups -OCH3 is 1. The van der Waals surface area contributed by atoms with Crippen LogP contribution in [0.3, 0.4) is 0 Å². The number of likely N-dealkylation sites (tertiary alicyclic amines) is 1. The second-order valence-electron chi connectivity index (χ2n) is 8.51. The first-order valence-corrected chi connectivity index (χ1v) is 10.00. The standard InChI is InChI=1S/C19H34N2O3/c1-23-13-15(22)12-21-9-4-14(5-10-21)20-17-16-6-11-24-18(16)19(17)7-2-3-8-19/h14-18,20,22H,2-13H2,1H3. The molecule has 5 heteroatoms. The van der Waals surface area contributed by atoms with Crippen molar-refractivity contribution in [3.05, 3.63) is 0 Å². The largest absolute Gasteiger partial charge is 0.389 e. The van der Waals surface area contributed by atoms with Crippen molar-refractivity contribution >= 4 is 0 Å². The Morgan fingerprint density at radius 2 is 2.00 bits per heavy atom. The molecule has 0 aromatic rings. The number of fused-ring (bicyclic) bond motifs is 2. The molecule has 2 heterocycles. The van der Waals surface area contributed by atoms with Gasteiger partial charge in [-0.2, -0.15) is 0 Å². The molecule has 0 bridgehead atoms. The molecular formula is C19H34N2O3. The zero-order chi connectivity index (χ0) is 16.6. The predicted octanol–water partition coefficient (Wildman–Crippen LogP) is 1.40. The van der Waals surface area contributed by atoms with Crippen LogP contribution in [0.15, 0.2) is 0 Å². The molecule has 2 aliphatic carbocycles. The van der Waals surface area contributed by atoms with Crippen LogP contribution in [-0.4, -0.2) is 74.3 Å². The van der Waals surface area contributed by atoms with Gasteiger partial charge in [0.1, 0.15) is 0 Å². The molecule has 0 radical (unpaired) electrons. The molecule has 4 atom stereocenters. The second kappa shape index (κ2) is 7.20. The fourth-order valence-corrected chi connectivity index (χ4v) is 6.02. The minimum absolute atomic E-state index is 0.357. The first-order chi connectivity index (χ1) is 11.7. The minimum Gasteiger partial charge on any atom is -0.389 e. The Labute approximate surface area is 146 Å². The third-order valence-electron chi connectivity index (χ3n) is 7.12.